The van der Waals surface area contributed by atoms with Crippen molar-refractivity contribution in [3.8, 4) is 10.7 Å². The van der Waals surface area contributed by atoms with E-state index >= 15 is 0 Å². The van der Waals surface area contributed by atoms with E-state index in [4.69, 9.17) is 10.7 Å². The SMILES string of the molecule is Cc1ncsc1-c1nc2cc(CN)ccc2n1C. The molecule has 5 heteroatoms. The molecule has 92 valence electrons. The maximum atomic E-state index is 5.66. The molecule has 3 aromatic rings. The van der Waals surface area contributed by atoms with Crippen molar-refractivity contribution in [2.45, 2.75) is 13.5 Å². The van der Waals surface area contributed by atoms with Gasteiger partial charge in [0.2, 0.25) is 0 Å². The van der Waals surface area contributed by atoms with E-state index in [1.54, 1.807) is 11.3 Å². The van der Waals surface area contributed by atoms with Gasteiger partial charge in [-0.1, -0.05) is 6.07 Å². The fourth-order valence-corrected chi connectivity index (χ4v) is 2.92. The van der Waals surface area contributed by atoms with Gasteiger partial charge in [-0.15, -0.1) is 11.3 Å². The summed E-state index contributed by atoms with van der Waals surface area (Å²) in [4.78, 5) is 10.1. The molecule has 0 unspecified atom stereocenters. The van der Waals surface area contributed by atoms with Gasteiger partial charge in [-0.3, -0.25) is 0 Å². The highest BCUT2D eigenvalue weighted by Crippen LogP contribution is 2.29. The standard InChI is InChI=1S/C13H14N4S/c1-8-12(18-7-15-8)13-16-10-5-9(6-14)3-4-11(10)17(13)2/h3-5,7H,6,14H2,1-2H3. The Labute approximate surface area is 109 Å². The third-order valence-electron chi connectivity index (χ3n) is 3.13. The van der Waals surface area contributed by atoms with Gasteiger partial charge in [0, 0.05) is 13.6 Å². The molecule has 0 aliphatic heterocycles. The van der Waals surface area contributed by atoms with Crippen LogP contribution in [-0.2, 0) is 13.6 Å². The molecule has 2 aromatic heterocycles. The molecule has 3 rings (SSSR count). The van der Waals surface area contributed by atoms with E-state index in [0.717, 1.165) is 33.0 Å². The molecule has 0 saturated heterocycles. The highest BCUT2D eigenvalue weighted by Gasteiger charge is 2.13. The second-order valence-corrected chi connectivity index (χ2v) is 5.14. The monoisotopic (exact) mass is 258 g/mol. The van der Waals surface area contributed by atoms with Gasteiger partial charge in [-0.25, -0.2) is 9.97 Å². The van der Waals surface area contributed by atoms with Crippen LogP contribution in [0.1, 0.15) is 11.3 Å². The summed E-state index contributed by atoms with van der Waals surface area (Å²) in [5, 5.41) is 0. The molecule has 4 nitrogen and oxygen atoms in total. The van der Waals surface area contributed by atoms with Crippen LogP contribution in [0.5, 0.6) is 0 Å². The first-order valence-electron chi connectivity index (χ1n) is 5.76. The fraction of sp³-hybridized carbons (Fsp3) is 0.231. The highest BCUT2D eigenvalue weighted by atomic mass is 32.1. The minimum absolute atomic E-state index is 0.543. The number of benzene rings is 1. The van der Waals surface area contributed by atoms with Crippen LogP contribution in [0, 0.1) is 6.92 Å². The number of imidazole rings is 1. The Bertz CT molecular complexity index is 711. The van der Waals surface area contributed by atoms with Crippen molar-refractivity contribution in [1.82, 2.24) is 14.5 Å². The van der Waals surface area contributed by atoms with E-state index in [1.807, 2.05) is 25.5 Å². The minimum atomic E-state index is 0.543. The van der Waals surface area contributed by atoms with E-state index in [9.17, 15) is 0 Å². The fourth-order valence-electron chi connectivity index (χ4n) is 2.09. The predicted octanol–water partition coefficient (Wildman–Crippen LogP) is 2.46. The molecule has 0 radical (unpaired) electrons. The quantitative estimate of drug-likeness (QED) is 0.768. The Kier molecular flexibility index (Phi) is 2.65. The average Bonchev–Trinajstić information content (AvgIpc) is 2.93. The first-order chi connectivity index (χ1) is 8.70. The predicted molar refractivity (Wildman–Crippen MR) is 74.5 cm³/mol. The third kappa shape index (κ3) is 1.63. The molecule has 0 amide bonds. The lowest BCUT2D eigenvalue weighted by atomic mass is 10.2. The number of nitrogens with zero attached hydrogens (tertiary/aromatic N) is 3. The van der Waals surface area contributed by atoms with Gasteiger partial charge < -0.3 is 10.3 Å². The Hall–Kier alpha value is -1.72. The van der Waals surface area contributed by atoms with Gasteiger partial charge in [-0.05, 0) is 24.6 Å². The van der Waals surface area contributed by atoms with Crippen molar-refractivity contribution >= 4 is 22.4 Å². The normalized spacial score (nSPS) is 11.3. The lowest BCUT2D eigenvalue weighted by molar-refractivity contribution is 0.959. The van der Waals surface area contributed by atoms with Gasteiger partial charge in [0.15, 0.2) is 5.82 Å². The molecule has 2 N–H and O–H groups in total. The molecule has 2 heterocycles. The van der Waals surface area contributed by atoms with Crippen LogP contribution < -0.4 is 5.73 Å². The van der Waals surface area contributed by atoms with Crippen LogP contribution in [0.3, 0.4) is 0 Å². The second kappa shape index (κ2) is 4.19. The Balaban J connectivity index is 2.25. The molecule has 0 atom stereocenters. The third-order valence-corrected chi connectivity index (χ3v) is 4.05. The average molecular weight is 258 g/mol. The number of hydrogen-bond acceptors (Lipinski definition) is 4. The van der Waals surface area contributed by atoms with Crippen molar-refractivity contribution in [3.63, 3.8) is 0 Å². The van der Waals surface area contributed by atoms with Crippen LogP contribution in [0.2, 0.25) is 0 Å². The number of aromatic nitrogens is 3. The smallest absolute Gasteiger partial charge is 0.152 e. The largest absolute Gasteiger partial charge is 0.326 e. The number of rotatable bonds is 2. The Morgan fingerprint density at radius 2 is 2.22 bits per heavy atom. The van der Waals surface area contributed by atoms with Crippen molar-refractivity contribution in [1.29, 1.82) is 0 Å². The number of thiazole rings is 1. The zero-order chi connectivity index (χ0) is 12.7. The van der Waals surface area contributed by atoms with Crippen LogP contribution in [0.4, 0.5) is 0 Å². The number of aryl methyl sites for hydroxylation is 2. The van der Waals surface area contributed by atoms with Crippen molar-refractivity contribution in [2.75, 3.05) is 0 Å². The van der Waals surface area contributed by atoms with E-state index < -0.39 is 0 Å². The number of fused-ring (bicyclic) bond motifs is 1. The lowest BCUT2D eigenvalue weighted by Crippen LogP contribution is -1.95. The van der Waals surface area contributed by atoms with Crippen LogP contribution >= 0.6 is 11.3 Å². The first kappa shape index (κ1) is 11.4. The van der Waals surface area contributed by atoms with Crippen molar-refractivity contribution < 1.29 is 0 Å². The van der Waals surface area contributed by atoms with Gasteiger partial charge in [0.1, 0.15) is 0 Å². The van der Waals surface area contributed by atoms with E-state index in [-0.39, 0.29) is 0 Å². The highest BCUT2D eigenvalue weighted by molar-refractivity contribution is 7.13. The maximum absolute atomic E-state index is 5.66. The molecular weight excluding hydrogens is 244 g/mol. The first-order valence-corrected chi connectivity index (χ1v) is 6.64. The number of hydrogen-bond donors (Lipinski definition) is 1. The van der Waals surface area contributed by atoms with Gasteiger partial charge in [-0.2, -0.15) is 0 Å². The zero-order valence-electron chi connectivity index (χ0n) is 10.3. The van der Waals surface area contributed by atoms with Crippen molar-refractivity contribution in [2.24, 2.45) is 12.8 Å². The molecule has 0 fully saturated rings. The Morgan fingerprint density at radius 3 is 2.89 bits per heavy atom. The summed E-state index contributed by atoms with van der Waals surface area (Å²) in [6.07, 6.45) is 0. The van der Waals surface area contributed by atoms with E-state index in [2.05, 4.69) is 21.7 Å². The molecule has 1 aromatic carbocycles. The summed E-state index contributed by atoms with van der Waals surface area (Å²) in [5.41, 5.74) is 11.8. The topological polar surface area (TPSA) is 56.7 Å². The molecule has 0 aliphatic rings. The van der Waals surface area contributed by atoms with Gasteiger partial charge in [0.05, 0.1) is 27.1 Å². The minimum Gasteiger partial charge on any atom is -0.326 e. The summed E-state index contributed by atoms with van der Waals surface area (Å²) in [7, 11) is 2.03. The molecule has 0 bridgehead atoms. The summed E-state index contributed by atoms with van der Waals surface area (Å²) >= 11 is 1.62. The summed E-state index contributed by atoms with van der Waals surface area (Å²) < 4.78 is 2.11. The number of nitrogens with two attached hydrogens (primary N) is 1. The van der Waals surface area contributed by atoms with Crippen LogP contribution in [0.25, 0.3) is 21.7 Å². The van der Waals surface area contributed by atoms with Gasteiger partial charge in [0.25, 0.3) is 0 Å². The second-order valence-electron chi connectivity index (χ2n) is 4.29. The molecular formula is C13H14N4S. The molecule has 0 spiro atoms. The summed E-state index contributed by atoms with van der Waals surface area (Å²) in [5.74, 6) is 0.971. The van der Waals surface area contributed by atoms with E-state index in [1.165, 1.54) is 0 Å². The van der Waals surface area contributed by atoms with Crippen molar-refractivity contribution in [3.05, 3.63) is 35.0 Å². The zero-order valence-corrected chi connectivity index (χ0v) is 11.2. The molecule has 0 aliphatic carbocycles. The lowest BCUT2D eigenvalue weighted by Gasteiger charge is -2.00. The maximum Gasteiger partial charge on any atom is 0.152 e. The molecule has 0 saturated carbocycles. The van der Waals surface area contributed by atoms with Crippen LogP contribution in [-0.4, -0.2) is 14.5 Å². The van der Waals surface area contributed by atoms with Gasteiger partial charge >= 0.3 is 0 Å². The van der Waals surface area contributed by atoms with Crippen LogP contribution in [0.15, 0.2) is 23.7 Å². The summed E-state index contributed by atoms with van der Waals surface area (Å²) in [6.45, 7) is 2.55. The summed E-state index contributed by atoms with van der Waals surface area (Å²) in [6, 6.07) is 6.17. The Morgan fingerprint density at radius 1 is 1.39 bits per heavy atom. The molecule has 18 heavy (non-hydrogen) atoms. The van der Waals surface area contributed by atoms with E-state index in [0.29, 0.717) is 6.54 Å².